The molecule has 0 fully saturated rings. The maximum atomic E-state index is 12.7. The summed E-state index contributed by atoms with van der Waals surface area (Å²) in [5.74, 6) is 0.348. The molecule has 0 saturated carbocycles. The molecule has 0 unspecified atom stereocenters. The lowest BCUT2D eigenvalue weighted by atomic mass is 10.1. The van der Waals surface area contributed by atoms with Gasteiger partial charge in [0.15, 0.2) is 11.5 Å². The SMILES string of the molecule is C=c1[nH]n(-c2ccccc2)c(=O)/c1=C/c1cc(OC)c(O)cc1Br. The molecule has 0 aliphatic rings. The third kappa shape index (κ3) is 2.88. The maximum Gasteiger partial charge on any atom is 0.279 e. The second kappa shape index (κ2) is 6.41. The van der Waals surface area contributed by atoms with Gasteiger partial charge >= 0.3 is 0 Å². The molecule has 5 nitrogen and oxygen atoms in total. The Labute approximate surface area is 146 Å². The first kappa shape index (κ1) is 16.1. The number of rotatable bonds is 3. The van der Waals surface area contributed by atoms with Crippen LogP contribution in [0, 0.1) is 0 Å². The number of aromatic amines is 1. The highest BCUT2D eigenvalue weighted by Gasteiger charge is 2.09. The van der Waals surface area contributed by atoms with Crippen molar-refractivity contribution in [2.45, 2.75) is 0 Å². The molecule has 24 heavy (non-hydrogen) atoms. The Balaban J connectivity index is 2.22. The van der Waals surface area contributed by atoms with E-state index in [0.29, 0.717) is 26.4 Å². The third-order valence-corrected chi connectivity index (χ3v) is 4.30. The van der Waals surface area contributed by atoms with Crippen molar-refractivity contribution in [2.75, 3.05) is 7.11 Å². The number of hydrogen-bond donors (Lipinski definition) is 2. The molecule has 1 aromatic heterocycles. The fourth-order valence-corrected chi connectivity index (χ4v) is 2.84. The summed E-state index contributed by atoms with van der Waals surface area (Å²) in [6, 6.07) is 12.4. The number of H-pyrrole nitrogens is 1. The predicted octanol–water partition coefficient (Wildman–Crippen LogP) is 1.88. The summed E-state index contributed by atoms with van der Waals surface area (Å²) < 4.78 is 7.21. The molecule has 2 N–H and O–H groups in total. The topological polar surface area (TPSA) is 67.2 Å². The normalized spacial score (nSPS) is 11.7. The molecule has 0 aliphatic heterocycles. The van der Waals surface area contributed by atoms with Crippen LogP contribution in [0.3, 0.4) is 0 Å². The summed E-state index contributed by atoms with van der Waals surface area (Å²) in [5.41, 5.74) is 1.23. The minimum atomic E-state index is -0.204. The lowest BCUT2D eigenvalue weighted by Crippen LogP contribution is -2.34. The summed E-state index contributed by atoms with van der Waals surface area (Å²) in [7, 11) is 1.47. The van der Waals surface area contributed by atoms with Crippen LogP contribution in [0.4, 0.5) is 0 Å². The van der Waals surface area contributed by atoms with Gasteiger partial charge in [-0.05, 0) is 35.9 Å². The van der Waals surface area contributed by atoms with E-state index in [0.717, 1.165) is 5.69 Å². The fraction of sp³-hybridized carbons (Fsp3) is 0.0556. The average Bonchev–Trinajstić information content (AvgIpc) is 2.86. The van der Waals surface area contributed by atoms with Crippen LogP contribution in [-0.2, 0) is 0 Å². The standard InChI is InChI=1S/C18H15BrN2O3/c1-11-14(8-12-9-17(24-2)16(22)10-15(12)19)18(23)21(20-11)13-6-4-3-5-7-13/h3-10,20,22H,1H2,2H3/b14-8+. The van der Waals surface area contributed by atoms with Crippen molar-refractivity contribution in [1.82, 2.24) is 9.78 Å². The smallest absolute Gasteiger partial charge is 0.279 e. The molecule has 6 heteroatoms. The number of halogens is 1. The van der Waals surface area contributed by atoms with E-state index in [9.17, 15) is 9.90 Å². The first-order chi connectivity index (χ1) is 11.5. The lowest BCUT2D eigenvalue weighted by Gasteiger charge is -2.06. The summed E-state index contributed by atoms with van der Waals surface area (Å²) in [6.45, 7) is 3.91. The Hall–Kier alpha value is -2.73. The van der Waals surface area contributed by atoms with Gasteiger partial charge in [0.2, 0.25) is 0 Å². The van der Waals surface area contributed by atoms with Crippen LogP contribution < -0.4 is 20.9 Å². The van der Waals surface area contributed by atoms with Gasteiger partial charge in [0.1, 0.15) is 0 Å². The molecule has 122 valence electrons. The van der Waals surface area contributed by atoms with E-state index in [2.05, 4.69) is 27.6 Å². The molecule has 0 atom stereocenters. The second-order valence-corrected chi connectivity index (χ2v) is 6.02. The molecule has 0 radical (unpaired) electrons. The van der Waals surface area contributed by atoms with E-state index in [4.69, 9.17) is 4.74 Å². The number of methoxy groups -OCH3 is 1. The van der Waals surface area contributed by atoms with E-state index in [1.165, 1.54) is 17.9 Å². The molecule has 1 heterocycles. The molecular weight excluding hydrogens is 372 g/mol. The van der Waals surface area contributed by atoms with Gasteiger partial charge in [-0.1, -0.05) is 40.7 Å². The molecule has 0 spiro atoms. The summed E-state index contributed by atoms with van der Waals surface area (Å²) in [6.07, 6.45) is 1.70. The van der Waals surface area contributed by atoms with Crippen molar-refractivity contribution in [3.63, 3.8) is 0 Å². The minimum absolute atomic E-state index is 0.0205. The van der Waals surface area contributed by atoms with Crippen molar-refractivity contribution in [3.05, 3.63) is 73.4 Å². The van der Waals surface area contributed by atoms with Crippen LogP contribution in [0.15, 0.2) is 51.7 Å². The van der Waals surface area contributed by atoms with E-state index in [1.54, 1.807) is 12.1 Å². The zero-order valence-corrected chi connectivity index (χ0v) is 14.5. The summed E-state index contributed by atoms with van der Waals surface area (Å²) >= 11 is 3.38. The van der Waals surface area contributed by atoms with Gasteiger partial charge in [-0.3, -0.25) is 9.89 Å². The average molecular weight is 387 g/mol. The molecule has 2 aromatic carbocycles. The van der Waals surface area contributed by atoms with Crippen LogP contribution in [0.2, 0.25) is 0 Å². The molecule has 0 saturated heterocycles. The maximum absolute atomic E-state index is 12.7. The number of nitrogens with zero attached hydrogens (tertiary/aromatic N) is 1. The van der Waals surface area contributed by atoms with Gasteiger partial charge in [0.05, 0.1) is 23.4 Å². The molecule has 0 aliphatic carbocycles. The van der Waals surface area contributed by atoms with Crippen molar-refractivity contribution in [1.29, 1.82) is 0 Å². The van der Waals surface area contributed by atoms with Crippen molar-refractivity contribution >= 4 is 28.6 Å². The number of nitrogens with one attached hydrogen (secondary N) is 1. The van der Waals surface area contributed by atoms with Crippen molar-refractivity contribution in [2.24, 2.45) is 0 Å². The number of hydrogen-bond acceptors (Lipinski definition) is 3. The summed E-state index contributed by atoms with van der Waals surface area (Å²) in [4.78, 5) is 12.7. The predicted molar refractivity (Wildman–Crippen MR) is 97.1 cm³/mol. The number of aromatic hydroxyl groups is 1. The highest BCUT2D eigenvalue weighted by atomic mass is 79.9. The van der Waals surface area contributed by atoms with Gasteiger partial charge in [0.25, 0.3) is 5.56 Å². The first-order valence-corrected chi connectivity index (χ1v) is 7.94. The van der Waals surface area contributed by atoms with Crippen LogP contribution in [0.1, 0.15) is 5.56 Å². The van der Waals surface area contributed by atoms with Gasteiger partial charge in [0, 0.05) is 4.47 Å². The molecular formula is C18H15BrN2O3. The third-order valence-electron chi connectivity index (χ3n) is 3.62. The number of aromatic nitrogens is 2. The van der Waals surface area contributed by atoms with Crippen molar-refractivity contribution in [3.8, 4) is 17.2 Å². The Morgan fingerprint density at radius 1 is 1.29 bits per heavy atom. The fourth-order valence-electron chi connectivity index (χ4n) is 2.39. The Bertz CT molecular complexity index is 1050. The number of phenolic OH excluding ortho intramolecular Hbond substituents is 1. The van der Waals surface area contributed by atoms with Crippen LogP contribution in [0.5, 0.6) is 11.5 Å². The van der Waals surface area contributed by atoms with E-state index in [1.807, 2.05) is 30.3 Å². The van der Waals surface area contributed by atoms with Crippen LogP contribution in [0.25, 0.3) is 18.3 Å². The molecule has 0 amide bonds. The van der Waals surface area contributed by atoms with Crippen molar-refractivity contribution < 1.29 is 9.84 Å². The highest BCUT2D eigenvalue weighted by Crippen LogP contribution is 2.32. The van der Waals surface area contributed by atoms with E-state index >= 15 is 0 Å². The van der Waals surface area contributed by atoms with E-state index < -0.39 is 0 Å². The second-order valence-electron chi connectivity index (χ2n) is 5.17. The molecule has 3 rings (SSSR count). The first-order valence-electron chi connectivity index (χ1n) is 7.15. The Kier molecular flexibility index (Phi) is 4.31. The van der Waals surface area contributed by atoms with Gasteiger partial charge < -0.3 is 9.84 Å². The Morgan fingerprint density at radius 2 is 2.00 bits per heavy atom. The summed E-state index contributed by atoms with van der Waals surface area (Å²) in [5, 5.41) is 13.7. The quantitative estimate of drug-likeness (QED) is 0.721. The molecule has 0 bridgehead atoms. The van der Waals surface area contributed by atoms with Crippen LogP contribution in [-0.4, -0.2) is 22.0 Å². The number of ether oxygens (including phenoxy) is 1. The number of phenols is 1. The number of benzene rings is 2. The lowest BCUT2D eigenvalue weighted by molar-refractivity contribution is 0.373. The minimum Gasteiger partial charge on any atom is -0.504 e. The Morgan fingerprint density at radius 3 is 2.67 bits per heavy atom. The van der Waals surface area contributed by atoms with Gasteiger partial charge in [-0.25, -0.2) is 4.68 Å². The zero-order valence-electron chi connectivity index (χ0n) is 12.9. The van der Waals surface area contributed by atoms with Gasteiger partial charge in [-0.15, -0.1) is 0 Å². The van der Waals surface area contributed by atoms with E-state index in [-0.39, 0.29) is 11.3 Å². The highest BCUT2D eigenvalue weighted by molar-refractivity contribution is 9.10. The van der Waals surface area contributed by atoms with Crippen LogP contribution >= 0.6 is 15.9 Å². The monoisotopic (exact) mass is 386 g/mol. The largest absolute Gasteiger partial charge is 0.504 e. The zero-order chi connectivity index (χ0) is 17.3. The number of para-hydroxylation sites is 1. The molecule has 3 aromatic rings. The van der Waals surface area contributed by atoms with Gasteiger partial charge in [-0.2, -0.15) is 0 Å².